The molecular weight excluding hydrogens is 226 g/mol. The van der Waals surface area contributed by atoms with Crippen LogP contribution < -0.4 is 5.73 Å². The largest absolute Gasteiger partial charge is 0.320 e. The zero-order valence-electron chi connectivity index (χ0n) is 9.74. The molecule has 2 aromatic carbocycles. The van der Waals surface area contributed by atoms with E-state index in [0.717, 1.165) is 23.7 Å². The summed E-state index contributed by atoms with van der Waals surface area (Å²) in [6.07, 6.45) is 1.60. The summed E-state index contributed by atoms with van der Waals surface area (Å²) in [5.74, 6) is 0. The number of hydrogen-bond donors (Lipinski definition) is 1. The number of carbonyl (C=O) groups excluding carboxylic acids is 2. The quantitative estimate of drug-likeness (QED) is 0.833. The summed E-state index contributed by atoms with van der Waals surface area (Å²) in [5.41, 5.74) is 9.24. The van der Waals surface area contributed by atoms with Crippen molar-refractivity contribution in [3.05, 3.63) is 70.8 Å². The summed E-state index contributed by atoms with van der Waals surface area (Å²) in [4.78, 5) is 21.1. The summed E-state index contributed by atoms with van der Waals surface area (Å²) >= 11 is 0. The van der Waals surface area contributed by atoms with Gasteiger partial charge in [0.25, 0.3) is 0 Å². The fraction of sp³-hybridized carbons (Fsp3) is 0.0667. The second-order valence-corrected chi connectivity index (χ2v) is 4.05. The van der Waals surface area contributed by atoms with Crippen LogP contribution in [0.3, 0.4) is 0 Å². The van der Waals surface area contributed by atoms with Crippen molar-refractivity contribution in [1.82, 2.24) is 0 Å². The van der Waals surface area contributed by atoms with Gasteiger partial charge in [-0.2, -0.15) is 0 Å². The summed E-state index contributed by atoms with van der Waals surface area (Å²) in [7, 11) is 0. The monoisotopic (exact) mass is 239 g/mol. The Bertz CT molecular complexity index is 492. The van der Waals surface area contributed by atoms with E-state index in [-0.39, 0.29) is 6.04 Å². The molecule has 3 heteroatoms. The molecule has 0 fully saturated rings. The van der Waals surface area contributed by atoms with Gasteiger partial charge in [0.1, 0.15) is 12.6 Å². The number of hydrogen-bond acceptors (Lipinski definition) is 3. The van der Waals surface area contributed by atoms with E-state index < -0.39 is 0 Å². The lowest BCUT2D eigenvalue weighted by Crippen LogP contribution is -2.11. The minimum Gasteiger partial charge on any atom is -0.320 e. The van der Waals surface area contributed by atoms with Crippen molar-refractivity contribution in [2.75, 3.05) is 0 Å². The molecule has 18 heavy (non-hydrogen) atoms. The minimum atomic E-state index is -0.258. The first-order chi connectivity index (χ1) is 8.74. The number of nitrogens with two attached hydrogens (primary N) is 1. The van der Waals surface area contributed by atoms with Crippen LogP contribution in [-0.2, 0) is 0 Å². The molecule has 0 radical (unpaired) electrons. The summed E-state index contributed by atoms with van der Waals surface area (Å²) in [6, 6.07) is 14.0. The van der Waals surface area contributed by atoms with Gasteiger partial charge >= 0.3 is 0 Å². The molecule has 2 N–H and O–H groups in total. The molecule has 0 unspecified atom stereocenters. The fourth-order valence-corrected chi connectivity index (χ4v) is 1.76. The number of benzene rings is 2. The standard InChI is InChI=1S/C15H13NO2/c16-15(13-5-1-11(9-17)2-6-13)14-7-3-12(10-18)4-8-14/h1-10,15H,16H2. The first-order valence-corrected chi connectivity index (χ1v) is 5.60. The van der Waals surface area contributed by atoms with Crippen LogP contribution in [0.4, 0.5) is 0 Å². The first kappa shape index (κ1) is 12.2. The average molecular weight is 239 g/mol. The minimum absolute atomic E-state index is 0.258. The Hall–Kier alpha value is -2.26. The van der Waals surface area contributed by atoms with Crippen molar-refractivity contribution in [2.45, 2.75) is 6.04 Å². The van der Waals surface area contributed by atoms with Crippen LogP contribution in [0, 0.1) is 0 Å². The lowest BCUT2D eigenvalue weighted by molar-refractivity contribution is 0.111. The highest BCUT2D eigenvalue weighted by molar-refractivity contribution is 5.75. The van der Waals surface area contributed by atoms with Crippen LogP contribution >= 0.6 is 0 Å². The molecule has 0 spiro atoms. The molecular formula is C15H13NO2. The average Bonchev–Trinajstić information content (AvgIpc) is 2.47. The Morgan fingerprint density at radius 2 is 1.06 bits per heavy atom. The zero-order chi connectivity index (χ0) is 13.0. The van der Waals surface area contributed by atoms with Crippen LogP contribution in [0.25, 0.3) is 0 Å². The molecule has 0 aromatic heterocycles. The van der Waals surface area contributed by atoms with Gasteiger partial charge in [-0.1, -0.05) is 48.5 Å². The van der Waals surface area contributed by atoms with Crippen molar-refractivity contribution in [2.24, 2.45) is 5.73 Å². The second kappa shape index (κ2) is 5.38. The van der Waals surface area contributed by atoms with Gasteiger partial charge in [-0.25, -0.2) is 0 Å². The van der Waals surface area contributed by atoms with E-state index in [9.17, 15) is 9.59 Å². The Balaban J connectivity index is 2.25. The molecule has 0 aliphatic heterocycles. The van der Waals surface area contributed by atoms with Crippen molar-refractivity contribution in [3.63, 3.8) is 0 Å². The molecule has 0 aliphatic carbocycles. The summed E-state index contributed by atoms with van der Waals surface area (Å²) < 4.78 is 0. The topological polar surface area (TPSA) is 60.2 Å². The van der Waals surface area contributed by atoms with Gasteiger partial charge in [0.05, 0.1) is 6.04 Å². The Labute approximate surface area is 105 Å². The Kier molecular flexibility index (Phi) is 3.65. The molecule has 0 saturated carbocycles. The van der Waals surface area contributed by atoms with Crippen molar-refractivity contribution >= 4 is 12.6 Å². The van der Waals surface area contributed by atoms with Gasteiger partial charge in [0.2, 0.25) is 0 Å². The van der Waals surface area contributed by atoms with Crippen molar-refractivity contribution in [1.29, 1.82) is 0 Å². The van der Waals surface area contributed by atoms with E-state index in [1.54, 1.807) is 24.3 Å². The van der Waals surface area contributed by atoms with Gasteiger partial charge in [-0.05, 0) is 11.1 Å². The van der Waals surface area contributed by atoms with E-state index in [2.05, 4.69) is 0 Å². The number of rotatable bonds is 4. The summed E-state index contributed by atoms with van der Waals surface area (Å²) in [6.45, 7) is 0. The third kappa shape index (κ3) is 2.52. The maximum Gasteiger partial charge on any atom is 0.150 e. The number of carbonyl (C=O) groups is 2. The molecule has 0 atom stereocenters. The Morgan fingerprint density at radius 1 is 0.722 bits per heavy atom. The van der Waals surface area contributed by atoms with E-state index in [0.29, 0.717) is 11.1 Å². The molecule has 0 aliphatic rings. The Morgan fingerprint density at radius 3 is 1.33 bits per heavy atom. The van der Waals surface area contributed by atoms with Crippen molar-refractivity contribution in [3.8, 4) is 0 Å². The zero-order valence-corrected chi connectivity index (χ0v) is 9.74. The molecule has 0 bridgehead atoms. The smallest absolute Gasteiger partial charge is 0.150 e. The molecule has 2 rings (SSSR count). The molecule has 0 heterocycles. The maximum atomic E-state index is 10.6. The predicted molar refractivity (Wildman–Crippen MR) is 69.7 cm³/mol. The van der Waals surface area contributed by atoms with E-state index in [4.69, 9.17) is 5.73 Å². The highest BCUT2D eigenvalue weighted by Gasteiger charge is 2.08. The third-order valence-electron chi connectivity index (χ3n) is 2.86. The normalized spacial score (nSPS) is 10.3. The fourth-order valence-electron chi connectivity index (χ4n) is 1.76. The SMILES string of the molecule is NC(c1ccc(C=O)cc1)c1ccc(C=O)cc1. The van der Waals surface area contributed by atoms with Gasteiger partial charge in [-0.3, -0.25) is 9.59 Å². The molecule has 2 aromatic rings. The molecule has 90 valence electrons. The van der Waals surface area contributed by atoms with Crippen LogP contribution in [0.1, 0.15) is 37.9 Å². The highest BCUT2D eigenvalue weighted by Crippen LogP contribution is 2.19. The lowest BCUT2D eigenvalue weighted by Gasteiger charge is -2.12. The molecule has 0 saturated heterocycles. The third-order valence-corrected chi connectivity index (χ3v) is 2.86. The van der Waals surface area contributed by atoms with Crippen LogP contribution in [0.15, 0.2) is 48.5 Å². The number of aldehydes is 2. The maximum absolute atomic E-state index is 10.6. The van der Waals surface area contributed by atoms with Crippen LogP contribution in [0.2, 0.25) is 0 Å². The van der Waals surface area contributed by atoms with E-state index in [1.807, 2.05) is 24.3 Å². The lowest BCUT2D eigenvalue weighted by atomic mass is 9.98. The van der Waals surface area contributed by atoms with Gasteiger partial charge in [0, 0.05) is 11.1 Å². The highest BCUT2D eigenvalue weighted by atomic mass is 16.1. The van der Waals surface area contributed by atoms with Crippen LogP contribution in [0.5, 0.6) is 0 Å². The van der Waals surface area contributed by atoms with Crippen molar-refractivity contribution < 1.29 is 9.59 Å². The molecule has 0 amide bonds. The van der Waals surface area contributed by atoms with Gasteiger partial charge < -0.3 is 5.73 Å². The van der Waals surface area contributed by atoms with Crippen LogP contribution in [-0.4, -0.2) is 12.6 Å². The first-order valence-electron chi connectivity index (χ1n) is 5.60. The van der Waals surface area contributed by atoms with Gasteiger partial charge in [-0.15, -0.1) is 0 Å². The van der Waals surface area contributed by atoms with E-state index >= 15 is 0 Å². The second-order valence-electron chi connectivity index (χ2n) is 4.05. The predicted octanol–water partition coefficient (Wildman–Crippen LogP) is 2.36. The summed E-state index contributed by atoms with van der Waals surface area (Å²) in [5, 5.41) is 0. The van der Waals surface area contributed by atoms with Gasteiger partial charge in [0.15, 0.2) is 0 Å². The molecule has 3 nitrogen and oxygen atoms in total. The van der Waals surface area contributed by atoms with E-state index in [1.165, 1.54) is 0 Å².